The fraction of sp³-hybridized carbons (Fsp3) is 0.522. The Labute approximate surface area is 191 Å². The fourth-order valence-corrected chi connectivity index (χ4v) is 5.66. The fourth-order valence-electron chi connectivity index (χ4n) is 4.60. The van der Waals surface area contributed by atoms with Crippen LogP contribution in [0, 0.1) is 12.8 Å². The van der Waals surface area contributed by atoms with E-state index in [1.807, 2.05) is 25.1 Å². The predicted octanol–water partition coefficient (Wildman–Crippen LogP) is 3.20. The number of rotatable bonds is 6. The summed E-state index contributed by atoms with van der Waals surface area (Å²) in [6, 6.07) is 8.17. The summed E-state index contributed by atoms with van der Waals surface area (Å²) >= 11 is 1.61. The zero-order valence-electron chi connectivity index (χ0n) is 18.1. The zero-order valence-corrected chi connectivity index (χ0v) is 18.9. The molecular weight excluding hydrogens is 426 g/mol. The van der Waals surface area contributed by atoms with Gasteiger partial charge in [0.2, 0.25) is 5.95 Å². The Morgan fingerprint density at radius 3 is 2.66 bits per heavy atom. The molecule has 3 heterocycles. The van der Waals surface area contributed by atoms with Crippen molar-refractivity contribution in [2.24, 2.45) is 5.92 Å². The molecule has 1 aromatic carbocycles. The van der Waals surface area contributed by atoms with E-state index >= 15 is 0 Å². The number of aliphatic hydroxyl groups is 2. The first-order chi connectivity index (χ1) is 15.6. The average molecular weight is 456 g/mol. The van der Waals surface area contributed by atoms with Crippen LogP contribution in [0.1, 0.15) is 31.4 Å². The number of aliphatic hydroxyl groups excluding tert-OH is 2. The SMILES string of the molecule is Cc1nc(NC2CCOCC2)nc(N[C@@H]2C[C@H](CO)C[C@H]2O)c1-c1nc2ccccc2s1. The van der Waals surface area contributed by atoms with Crippen molar-refractivity contribution in [3.63, 3.8) is 0 Å². The summed E-state index contributed by atoms with van der Waals surface area (Å²) in [5.41, 5.74) is 2.65. The number of hydrogen-bond donors (Lipinski definition) is 4. The Balaban J connectivity index is 1.51. The second-order valence-corrected chi connectivity index (χ2v) is 9.74. The Hall–Kier alpha value is -2.33. The summed E-state index contributed by atoms with van der Waals surface area (Å²) < 4.78 is 6.57. The lowest BCUT2D eigenvalue weighted by Gasteiger charge is -2.25. The summed E-state index contributed by atoms with van der Waals surface area (Å²) in [4.78, 5) is 14.4. The molecule has 0 spiro atoms. The van der Waals surface area contributed by atoms with Gasteiger partial charge in [-0.1, -0.05) is 12.1 Å². The van der Waals surface area contributed by atoms with Gasteiger partial charge in [-0.3, -0.25) is 0 Å². The highest BCUT2D eigenvalue weighted by Crippen LogP contribution is 2.38. The van der Waals surface area contributed by atoms with Gasteiger partial charge in [-0.2, -0.15) is 4.98 Å². The van der Waals surface area contributed by atoms with Crippen LogP contribution < -0.4 is 10.6 Å². The van der Waals surface area contributed by atoms with Gasteiger partial charge in [0.05, 0.1) is 33.6 Å². The van der Waals surface area contributed by atoms with E-state index in [1.54, 1.807) is 11.3 Å². The van der Waals surface area contributed by atoms with Gasteiger partial charge in [-0.25, -0.2) is 9.97 Å². The molecule has 32 heavy (non-hydrogen) atoms. The molecule has 1 aliphatic carbocycles. The lowest BCUT2D eigenvalue weighted by atomic mass is 10.1. The van der Waals surface area contributed by atoms with Crippen LogP contribution in [0.2, 0.25) is 0 Å². The zero-order chi connectivity index (χ0) is 22.1. The van der Waals surface area contributed by atoms with Crippen LogP contribution in [-0.2, 0) is 4.74 Å². The molecule has 2 aromatic heterocycles. The third-order valence-corrected chi connectivity index (χ3v) is 7.41. The Morgan fingerprint density at radius 2 is 1.91 bits per heavy atom. The molecule has 5 rings (SSSR count). The van der Waals surface area contributed by atoms with Crippen LogP contribution >= 0.6 is 11.3 Å². The van der Waals surface area contributed by atoms with Crippen LogP contribution in [0.15, 0.2) is 24.3 Å². The van der Waals surface area contributed by atoms with Crippen molar-refractivity contribution in [2.75, 3.05) is 30.5 Å². The van der Waals surface area contributed by atoms with E-state index < -0.39 is 6.10 Å². The number of nitrogens with zero attached hydrogens (tertiary/aromatic N) is 3. The second kappa shape index (κ2) is 9.27. The highest BCUT2D eigenvalue weighted by atomic mass is 32.1. The van der Waals surface area contributed by atoms with Crippen molar-refractivity contribution in [1.29, 1.82) is 0 Å². The van der Waals surface area contributed by atoms with Crippen LogP contribution in [0.3, 0.4) is 0 Å². The van der Waals surface area contributed by atoms with E-state index in [9.17, 15) is 10.2 Å². The van der Waals surface area contributed by atoms with Gasteiger partial charge in [-0.15, -0.1) is 11.3 Å². The third-order valence-electron chi connectivity index (χ3n) is 6.36. The van der Waals surface area contributed by atoms with E-state index in [0.717, 1.165) is 52.5 Å². The van der Waals surface area contributed by atoms with Crippen molar-refractivity contribution in [3.05, 3.63) is 30.0 Å². The van der Waals surface area contributed by atoms with Gasteiger partial charge in [0, 0.05) is 25.9 Å². The lowest BCUT2D eigenvalue weighted by Crippen LogP contribution is -2.30. The quantitative estimate of drug-likeness (QED) is 0.448. The summed E-state index contributed by atoms with van der Waals surface area (Å²) in [6.45, 7) is 3.54. The van der Waals surface area contributed by atoms with E-state index in [-0.39, 0.29) is 24.6 Å². The molecular formula is C23H29N5O3S. The Bertz CT molecular complexity index is 1050. The van der Waals surface area contributed by atoms with Crippen LogP contribution in [0.5, 0.6) is 0 Å². The molecule has 2 fully saturated rings. The Morgan fingerprint density at radius 1 is 1.09 bits per heavy atom. The van der Waals surface area contributed by atoms with E-state index in [2.05, 4.69) is 16.7 Å². The first-order valence-electron chi connectivity index (χ1n) is 11.2. The second-order valence-electron chi connectivity index (χ2n) is 8.71. The number of para-hydroxylation sites is 1. The summed E-state index contributed by atoms with van der Waals surface area (Å²) in [5, 5.41) is 27.9. The maximum Gasteiger partial charge on any atom is 0.225 e. The number of ether oxygens (including phenoxy) is 1. The highest BCUT2D eigenvalue weighted by Gasteiger charge is 2.34. The first-order valence-corrected chi connectivity index (χ1v) is 12.1. The van der Waals surface area contributed by atoms with Gasteiger partial charge >= 0.3 is 0 Å². The van der Waals surface area contributed by atoms with Crippen molar-refractivity contribution < 1.29 is 14.9 Å². The number of thiazole rings is 1. The van der Waals surface area contributed by atoms with Crippen LogP contribution in [0.4, 0.5) is 11.8 Å². The summed E-state index contributed by atoms with van der Waals surface area (Å²) in [5.74, 6) is 1.35. The number of nitrogens with one attached hydrogen (secondary N) is 2. The summed E-state index contributed by atoms with van der Waals surface area (Å²) in [7, 11) is 0. The Kier molecular flexibility index (Phi) is 6.23. The molecule has 0 bridgehead atoms. The number of hydrogen-bond acceptors (Lipinski definition) is 9. The number of aryl methyl sites for hydroxylation is 1. The molecule has 3 atom stereocenters. The van der Waals surface area contributed by atoms with Gasteiger partial charge in [-0.05, 0) is 50.7 Å². The number of fused-ring (bicyclic) bond motifs is 1. The van der Waals surface area contributed by atoms with E-state index in [1.165, 1.54) is 0 Å². The smallest absolute Gasteiger partial charge is 0.225 e. The minimum Gasteiger partial charge on any atom is -0.396 e. The summed E-state index contributed by atoms with van der Waals surface area (Å²) in [6.07, 6.45) is 2.59. The number of aromatic nitrogens is 3. The monoisotopic (exact) mass is 455 g/mol. The first kappa shape index (κ1) is 21.5. The van der Waals surface area contributed by atoms with Crippen LogP contribution in [-0.4, -0.2) is 63.2 Å². The molecule has 4 N–H and O–H groups in total. The number of benzene rings is 1. The molecule has 0 radical (unpaired) electrons. The molecule has 1 saturated heterocycles. The molecule has 0 unspecified atom stereocenters. The maximum atomic E-state index is 10.6. The van der Waals surface area contributed by atoms with Gasteiger partial charge in [0.1, 0.15) is 10.8 Å². The van der Waals surface area contributed by atoms with E-state index in [0.29, 0.717) is 24.6 Å². The molecule has 3 aromatic rings. The molecule has 0 amide bonds. The van der Waals surface area contributed by atoms with E-state index in [4.69, 9.17) is 19.7 Å². The molecule has 9 heteroatoms. The normalized spacial score (nSPS) is 24.2. The molecule has 8 nitrogen and oxygen atoms in total. The van der Waals surface area contributed by atoms with Gasteiger partial charge in [0.25, 0.3) is 0 Å². The largest absolute Gasteiger partial charge is 0.396 e. The van der Waals surface area contributed by atoms with Crippen LogP contribution in [0.25, 0.3) is 20.8 Å². The molecule has 2 aliphatic rings. The minimum atomic E-state index is -0.530. The maximum absolute atomic E-state index is 10.6. The molecule has 1 aliphatic heterocycles. The minimum absolute atomic E-state index is 0.0827. The van der Waals surface area contributed by atoms with Crippen molar-refractivity contribution in [3.8, 4) is 10.6 Å². The van der Waals surface area contributed by atoms with Gasteiger partial charge < -0.3 is 25.6 Å². The number of anilines is 2. The predicted molar refractivity (Wildman–Crippen MR) is 126 cm³/mol. The molecule has 1 saturated carbocycles. The lowest BCUT2D eigenvalue weighted by molar-refractivity contribution is 0.0903. The average Bonchev–Trinajstić information content (AvgIpc) is 3.37. The van der Waals surface area contributed by atoms with Crippen molar-refractivity contribution in [1.82, 2.24) is 15.0 Å². The highest BCUT2D eigenvalue weighted by molar-refractivity contribution is 7.21. The van der Waals surface area contributed by atoms with Crippen molar-refractivity contribution in [2.45, 2.75) is 50.8 Å². The van der Waals surface area contributed by atoms with Crippen molar-refractivity contribution >= 4 is 33.3 Å². The molecule has 170 valence electrons. The third kappa shape index (κ3) is 4.43. The van der Waals surface area contributed by atoms with Gasteiger partial charge in [0.15, 0.2) is 0 Å². The standard InChI is InChI=1S/C23H29N5O3S/c1-13-20(22-27-16-4-2-3-5-19(16)32-22)21(26-17-10-14(12-29)11-18(17)30)28-23(24-13)25-15-6-8-31-9-7-15/h2-5,14-15,17-18,29-30H,6-12H2,1H3,(H2,24,25,26,28)/t14-,17+,18+/m0/s1. The topological polar surface area (TPSA) is 112 Å².